The Bertz CT molecular complexity index is 511. The van der Waals surface area contributed by atoms with Crippen LogP contribution in [-0.4, -0.2) is 23.9 Å². The van der Waals surface area contributed by atoms with Gasteiger partial charge in [-0.2, -0.15) is 13.2 Å². The zero-order chi connectivity index (χ0) is 20.1. The van der Waals surface area contributed by atoms with Crippen molar-refractivity contribution in [3.8, 4) is 0 Å². The highest BCUT2D eigenvalue weighted by Crippen LogP contribution is 2.29. The molecule has 0 heterocycles. The van der Waals surface area contributed by atoms with Crippen LogP contribution in [0.15, 0.2) is 24.3 Å². The number of halogens is 3. The van der Waals surface area contributed by atoms with Gasteiger partial charge in [-0.15, -0.1) is 0 Å². The number of nitrogens with zero attached hydrogens (tertiary/aromatic N) is 1. The fourth-order valence-electron chi connectivity index (χ4n) is 3.11. The molecule has 0 unspecified atom stereocenters. The van der Waals surface area contributed by atoms with Crippen molar-refractivity contribution < 1.29 is 18.0 Å². The van der Waals surface area contributed by atoms with E-state index in [1.165, 1.54) is 37.8 Å². The first-order valence-electron chi connectivity index (χ1n) is 10.4. The fraction of sp³-hybridized carbons (Fsp3) is 0.682. The van der Waals surface area contributed by atoms with Crippen molar-refractivity contribution in [2.75, 3.05) is 13.1 Å². The molecule has 1 rings (SSSR count). The SMILES string of the molecule is CCCCCCCN(CCCCCCC)C(=O)c1ccc(C(F)(F)F)cc1. The second-order valence-corrected chi connectivity index (χ2v) is 7.20. The highest BCUT2D eigenvalue weighted by molar-refractivity contribution is 5.94. The largest absolute Gasteiger partial charge is 0.416 e. The first-order chi connectivity index (χ1) is 12.9. The van der Waals surface area contributed by atoms with Crippen LogP contribution in [0.4, 0.5) is 13.2 Å². The summed E-state index contributed by atoms with van der Waals surface area (Å²) < 4.78 is 38.2. The molecule has 0 radical (unpaired) electrons. The summed E-state index contributed by atoms with van der Waals surface area (Å²) in [6.07, 6.45) is 6.75. The molecular weight excluding hydrogens is 351 g/mol. The third kappa shape index (κ3) is 9.30. The topological polar surface area (TPSA) is 20.3 Å². The van der Waals surface area contributed by atoms with Crippen molar-refractivity contribution in [2.24, 2.45) is 0 Å². The normalized spacial score (nSPS) is 11.6. The van der Waals surface area contributed by atoms with Crippen LogP contribution in [0.25, 0.3) is 0 Å². The smallest absolute Gasteiger partial charge is 0.339 e. The number of alkyl halides is 3. The van der Waals surface area contributed by atoms with Crippen LogP contribution >= 0.6 is 0 Å². The van der Waals surface area contributed by atoms with Gasteiger partial charge in [0.1, 0.15) is 0 Å². The number of rotatable bonds is 13. The van der Waals surface area contributed by atoms with Gasteiger partial charge in [0, 0.05) is 18.7 Å². The monoisotopic (exact) mass is 385 g/mol. The van der Waals surface area contributed by atoms with E-state index < -0.39 is 11.7 Å². The van der Waals surface area contributed by atoms with Gasteiger partial charge >= 0.3 is 6.18 Å². The molecule has 0 saturated heterocycles. The van der Waals surface area contributed by atoms with Gasteiger partial charge in [-0.1, -0.05) is 65.2 Å². The number of hydrogen-bond acceptors (Lipinski definition) is 1. The molecule has 1 amide bonds. The molecule has 0 N–H and O–H groups in total. The summed E-state index contributed by atoms with van der Waals surface area (Å²) >= 11 is 0. The maximum atomic E-state index is 12.8. The van der Waals surface area contributed by atoms with E-state index in [0.717, 1.165) is 50.7 Å². The van der Waals surface area contributed by atoms with E-state index in [4.69, 9.17) is 0 Å². The molecule has 0 aliphatic heterocycles. The van der Waals surface area contributed by atoms with Crippen molar-refractivity contribution in [3.63, 3.8) is 0 Å². The first-order valence-corrected chi connectivity index (χ1v) is 10.4. The lowest BCUT2D eigenvalue weighted by Gasteiger charge is -2.23. The van der Waals surface area contributed by atoms with Gasteiger partial charge in [0.05, 0.1) is 5.56 Å². The second-order valence-electron chi connectivity index (χ2n) is 7.20. The quantitative estimate of drug-likeness (QED) is 0.332. The Hall–Kier alpha value is -1.52. The molecule has 0 saturated carbocycles. The van der Waals surface area contributed by atoms with Crippen molar-refractivity contribution in [2.45, 2.75) is 84.2 Å². The van der Waals surface area contributed by atoms with Crippen LogP contribution in [0.2, 0.25) is 0 Å². The average molecular weight is 386 g/mol. The van der Waals surface area contributed by atoms with Crippen molar-refractivity contribution in [1.82, 2.24) is 4.90 Å². The molecule has 5 heteroatoms. The molecule has 154 valence electrons. The molecular formula is C22H34F3NO. The van der Waals surface area contributed by atoms with E-state index >= 15 is 0 Å². The van der Waals surface area contributed by atoms with E-state index in [9.17, 15) is 18.0 Å². The second kappa shape index (κ2) is 12.8. The third-order valence-corrected chi connectivity index (χ3v) is 4.81. The molecule has 27 heavy (non-hydrogen) atoms. The average Bonchev–Trinajstić information content (AvgIpc) is 2.65. The summed E-state index contributed by atoms with van der Waals surface area (Å²) in [4.78, 5) is 14.6. The molecule has 0 aliphatic rings. The predicted molar refractivity (Wildman–Crippen MR) is 105 cm³/mol. The van der Waals surface area contributed by atoms with Gasteiger partial charge < -0.3 is 4.90 Å². The Morgan fingerprint density at radius 3 is 1.63 bits per heavy atom. The highest BCUT2D eigenvalue weighted by atomic mass is 19.4. The van der Waals surface area contributed by atoms with E-state index in [0.29, 0.717) is 18.7 Å². The molecule has 0 atom stereocenters. The van der Waals surface area contributed by atoms with Crippen LogP contribution in [-0.2, 0) is 6.18 Å². The van der Waals surface area contributed by atoms with E-state index in [1.54, 1.807) is 0 Å². The van der Waals surface area contributed by atoms with Gasteiger partial charge in [0.2, 0.25) is 0 Å². The summed E-state index contributed by atoms with van der Waals surface area (Å²) in [5.74, 6) is -0.158. The number of carbonyl (C=O) groups is 1. The van der Waals surface area contributed by atoms with Gasteiger partial charge in [0.25, 0.3) is 5.91 Å². The molecule has 0 bridgehead atoms. The summed E-state index contributed by atoms with van der Waals surface area (Å²) in [7, 11) is 0. The predicted octanol–water partition coefficient (Wildman–Crippen LogP) is 7.09. The molecule has 0 fully saturated rings. The lowest BCUT2D eigenvalue weighted by atomic mass is 10.1. The Morgan fingerprint density at radius 2 is 1.22 bits per heavy atom. The maximum absolute atomic E-state index is 12.8. The van der Waals surface area contributed by atoms with Crippen molar-refractivity contribution >= 4 is 5.91 Å². The molecule has 1 aromatic carbocycles. The minimum atomic E-state index is -4.38. The Morgan fingerprint density at radius 1 is 0.778 bits per heavy atom. The van der Waals surface area contributed by atoms with Gasteiger partial charge in [-0.05, 0) is 37.1 Å². The van der Waals surface area contributed by atoms with E-state index in [1.807, 2.05) is 4.90 Å². The van der Waals surface area contributed by atoms with Gasteiger partial charge in [0.15, 0.2) is 0 Å². The highest BCUT2D eigenvalue weighted by Gasteiger charge is 2.30. The minimum Gasteiger partial charge on any atom is -0.339 e. The van der Waals surface area contributed by atoms with Gasteiger partial charge in [-0.3, -0.25) is 4.79 Å². The number of unbranched alkanes of at least 4 members (excludes halogenated alkanes) is 8. The van der Waals surface area contributed by atoms with Crippen LogP contribution in [0, 0.1) is 0 Å². The standard InChI is InChI=1S/C22H34F3NO/c1-3-5-7-9-11-17-26(18-12-10-8-6-4-2)21(27)19-13-15-20(16-14-19)22(23,24)25/h13-16H,3-12,17-18H2,1-2H3. The van der Waals surface area contributed by atoms with Gasteiger partial charge in [-0.25, -0.2) is 0 Å². The van der Waals surface area contributed by atoms with E-state index in [2.05, 4.69) is 13.8 Å². The zero-order valence-corrected chi connectivity index (χ0v) is 16.8. The Labute approximate surface area is 162 Å². The third-order valence-electron chi connectivity index (χ3n) is 4.81. The van der Waals surface area contributed by atoms with Crippen molar-refractivity contribution in [3.05, 3.63) is 35.4 Å². The van der Waals surface area contributed by atoms with Crippen LogP contribution < -0.4 is 0 Å². The lowest BCUT2D eigenvalue weighted by molar-refractivity contribution is -0.137. The number of amides is 1. The Balaban J connectivity index is 2.66. The lowest BCUT2D eigenvalue weighted by Crippen LogP contribution is -2.33. The number of benzene rings is 1. The Kier molecular flexibility index (Phi) is 11.1. The summed E-state index contributed by atoms with van der Waals surface area (Å²) in [5, 5.41) is 0. The summed E-state index contributed by atoms with van der Waals surface area (Å²) in [6, 6.07) is 4.58. The summed E-state index contributed by atoms with van der Waals surface area (Å²) in [5.41, 5.74) is -0.380. The van der Waals surface area contributed by atoms with Crippen LogP contribution in [0.1, 0.15) is 94.0 Å². The summed E-state index contributed by atoms with van der Waals surface area (Å²) in [6.45, 7) is 5.68. The number of carbonyl (C=O) groups excluding carboxylic acids is 1. The molecule has 2 nitrogen and oxygen atoms in total. The van der Waals surface area contributed by atoms with Crippen LogP contribution in [0.3, 0.4) is 0 Å². The first kappa shape index (κ1) is 23.5. The fourth-order valence-corrected chi connectivity index (χ4v) is 3.11. The minimum absolute atomic E-state index is 0.158. The van der Waals surface area contributed by atoms with Crippen molar-refractivity contribution in [1.29, 1.82) is 0 Å². The molecule has 1 aromatic rings. The molecule has 0 spiro atoms. The maximum Gasteiger partial charge on any atom is 0.416 e. The van der Waals surface area contributed by atoms with E-state index in [-0.39, 0.29) is 5.91 Å². The zero-order valence-electron chi connectivity index (χ0n) is 16.8. The molecule has 0 aliphatic carbocycles. The molecule has 0 aromatic heterocycles. The number of hydrogen-bond donors (Lipinski definition) is 0. The van der Waals surface area contributed by atoms with Crippen LogP contribution in [0.5, 0.6) is 0 Å².